The van der Waals surface area contributed by atoms with Crippen molar-refractivity contribution in [1.82, 2.24) is 10.2 Å². The van der Waals surface area contributed by atoms with Crippen LogP contribution >= 0.6 is 11.3 Å². The molecule has 1 aromatic heterocycles. The molecule has 1 heterocycles. The molecule has 86 valence electrons. The number of unbranched alkanes of at least 4 members (excludes halogenated alkanes) is 5. The van der Waals surface area contributed by atoms with E-state index in [0.29, 0.717) is 0 Å². The van der Waals surface area contributed by atoms with Crippen LogP contribution in [0.2, 0.25) is 0 Å². The molecular formula is C11H21N3S. The van der Waals surface area contributed by atoms with Crippen LogP contribution in [0.25, 0.3) is 0 Å². The van der Waals surface area contributed by atoms with E-state index in [4.69, 9.17) is 0 Å². The van der Waals surface area contributed by atoms with Gasteiger partial charge >= 0.3 is 0 Å². The van der Waals surface area contributed by atoms with E-state index in [1.165, 1.54) is 38.5 Å². The van der Waals surface area contributed by atoms with E-state index in [1.54, 1.807) is 11.3 Å². The summed E-state index contributed by atoms with van der Waals surface area (Å²) in [5, 5.41) is 13.3. The van der Waals surface area contributed by atoms with Crippen LogP contribution in [0.1, 0.15) is 50.5 Å². The Labute approximate surface area is 96.3 Å². The molecule has 1 aromatic rings. The van der Waals surface area contributed by atoms with Crippen molar-refractivity contribution in [2.75, 3.05) is 11.9 Å². The summed E-state index contributed by atoms with van der Waals surface area (Å²) in [6.07, 6.45) is 8.01. The fraction of sp³-hybridized carbons (Fsp3) is 0.818. The van der Waals surface area contributed by atoms with Gasteiger partial charge in [0.1, 0.15) is 5.01 Å². The summed E-state index contributed by atoms with van der Waals surface area (Å²) in [6.45, 7) is 5.26. The smallest absolute Gasteiger partial charge is 0.205 e. The van der Waals surface area contributed by atoms with Crippen LogP contribution < -0.4 is 5.32 Å². The lowest BCUT2D eigenvalue weighted by Crippen LogP contribution is -2.00. The van der Waals surface area contributed by atoms with Gasteiger partial charge in [0.25, 0.3) is 0 Å². The number of aryl methyl sites for hydroxylation is 1. The highest BCUT2D eigenvalue weighted by Gasteiger charge is 1.97. The summed E-state index contributed by atoms with van der Waals surface area (Å²) in [5.74, 6) is 0. The summed E-state index contributed by atoms with van der Waals surface area (Å²) in [6, 6.07) is 0. The normalized spacial score (nSPS) is 10.5. The third-order valence-corrected chi connectivity index (χ3v) is 3.13. The maximum atomic E-state index is 4.02. The molecule has 3 nitrogen and oxygen atoms in total. The molecule has 0 radical (unpaired) electrons. The first-order valence-electron chi connectivity index (χ1n) is 5.87. The fourth-order valence-corrected chi connectivity index (χ4v) is 2.09. The Morgan fingerprint density at radius 1 is 1.07 bits per heavy atom. The number of nitrogens with one attached hydrogen (secondary N) is 1. The van der Waals surface area contributed by atoms with Crippen molar-refractivity contribution in [1.29, 1.82) is 0 Å². The molecular weight excluding hydrogens is 206 g/mol. The number of hydrogen-bond donors (Lipinski definition) is 1. The van der Waals surface area contributed by atoms with Crippen LogP contribution in [0.5, 0.6) is 0 Å². The molecule has 0 aromatic carbocycles. The topological polar surface area (TPSA) is 37.8 Å². The van der Waals surface area contributed by atoms with Gasteiger partial charge in [-0.1, -0.05) is 50.4 Å². The first-order valence-corrected chi connectivity index (χ1v) is 6.68. The molecule has 15 heavy (non-hydrogen) atoms. The van der Waals surface area contributed by atoms with Crippen molar-refractivity contribution >= 4 is 16.5 Å². The van der Waals surface area contributed by atoms with E-state index in [0.717, 1.165) is 16.7 Å². The molecule has 0 aliphatic heterocycles. The van der Waals surface area contributed by atoms with Gasteiger partial charge in [0.2, 0.25) is 5.13 Å². The minimum Gasteiger partial charge on any atom is -0.360 e. The highest BCUT2D eigenvalue weighted by atomic mass is 32.1. The van der Waals surface area contributed by atoms with Crippen LogP contribution in [-0.4, -0.2) is 16.7 Å². The Kier molecular flexibility index (Phi) is 6.32. The van der Waals surface area contributed by atoms with Crippen LogP contribution in [-0.2, 0) is 0 Å². The van der Waals surface area contributed by atoms with Gasteiger partial charge < -0.3 is 5.32 Å². The average molecular weight is 227 g/mol. The van der Waals surface area contributed by atoms with Gasteiger partial charge in [-0.2, -0.15) is 0 Å². The van der Waals surface area contributed by atoms with Crippen molar-refractivity contribution in [3.05, 3.63) is 5.01 Å². The predicted octanol–water partition coefficient (Wildman–Crippen LogP) is 3.62. The third-order valence-electron chi connectivity index (χ3n) is 2.33. The zero-order valence-electron chi connectivity index (χ0n) is 9.75. The van der Waals surface area contributed by atoms with Gasteiger partial charge in [-0.25, -0.2) is 0 Å². The first kappa shape index (κ1) is 12.4. The lowest BCUT2D eigenvalue weighted by molar-refractivity contribution is 0.617. The Balaban J connectivity index is 1.93. The SMILES string of the molecule is CCCCCCCCNc1nnc(C)s1. The number of rotatable bonds is 8. The largest absolute Gasteiger partial charge is 0.360 e. The second kappa shape index (κ2) is 7.63. The van der Waals surface area contributed by atoms with Gasteiger partial charge in [-0.15, -0.1) is 10.2 Å². The highest BCUT2D eigenvalue weighted by Crippen LogP contribution is 2.13. The molecule has 0 fully saturated rings. The third kappa shape index (κ3) is 5.72. The lowest BCUT2D eigenvalue weighted by Gasteiger charge is -2.01. The van der Waals surface area contributed by atoms with Crippen LogP contribution in [0, 0.1) is 6.92 Å². The summed E-state index contributed by atoms with van der Waals surface area (Å²) in [4.78, 5) is 0. The highest BCUT2D eigenvalue weighted by molar-refractivity contribution is 7.15. The van der Waals surface area contributed by atoms with Crippen molar-refractivity contribution in [3.8, 4) is 0 Å². The van der Waals surface area contributed by atoms with Gasteiger partial charge in [0, 0.05) is 6.54 Å². The fourth-order valence-electron chi connectivity index (χ4n) is 1.47. The number of nitrogens with zero attached hydrogens (tertiary/aromatic N) is 2. The van der Waals surface area contributed by atoms with E-state index in [-0.39, 0.29) is 0 Å². The first-order chi connectivity index (χ1) is 7.33. The monoisotopic (exact) mass is 227 g/mol. The summed E-state index contributed by atoms with van der Waals surface area (Å²) < 4.78 is 0. The second-order valence-electron chi connectivity index (χ2n) is 3.82. The van der Waals surface area contributed by atoms with Gasteiger partial charge in [-0.3, -0.25) is 0 Å². The molecule has 0 bridgehead atoms. The number of aromatic nitrogens is 2. The van der Waals surface area contributed by atoms with Crippen LogP contribution in [0.3, 0.4) is 0 Å². The van der Waals surface area contributed by atoms with Gasteiger partial charge in [-0.05, 0) is 13.3 Å². The van der Waals surface area contributed by atoms with Gasteiger partial charge in [0.05, 0.1) is 0 Å². The Hall–Kier alpha value is -0.640. The molecule has 0 saturated heterocycles. The van der Waals surface area contributed by atoms with Crippen molar-refractivity contribution < 1.29 is 0 Å². The zero-order valence-corrected chi connectivity index (χ0v) is 10.6. The van der Waals surface area contributed by atoms with E-state index in [1.807, 2.05) is 6.92 Å². The lowest BCUT2D eigenvalue weighted by atomic mass is 10.1. The molecule has 0 atom stereocenters. The Bertz CT molecular complexity index is 260. The molecule has 0 amide bonds. The van der Waals surface area contributed by atoms with Crippen molar-refractivity contribution in [2.45, 2.75) is 52.4 Å². The molecule has 0 spiro atoms. The van der Waals surface area contributed by atoms with E-state index >= 15 is 0 Å². The quantitative estimate of drug-likeness (QED) is 0.689. The summed E-state index contributed by atoms with van der Waals surface area (Å²) >= 11 is 1.63. The molecule has 0 unspecified atom stereocenters. The number of hydrogen-bond acceptors (Lipinski definition) is 4. The predicted molar refractivity (Wildman–Crippen MR) is 66.5 cm³/mol. The maximum Gasteiger partial charge on any atom is 0.205 e. The Morgan fingerprint density at radius 3 is 2.47 bits per heavy atom. The average Bonchev–Trinajstić information content (AvgIpc) is 2.63. The maximum absolute atomic E-state index is 4.02. The molecule has 0 saturated carbocycles. The summed E-state index contributed by atoms with van der Waals surface area (Å²) in [5.41, 5.74) is 0. The number of anilines is 1. The van der Waals surface area contributed by atoms with Crippen LogP contribution in [0.15, 0.2) is 0 Å². The minimum absolute atomic E-state index is 0.959. The zero-order chi connectivity index (χ0) is 10.9. The molecule has 0 aliphatic carbocycles. The molecule has 4 heteroatoms. The second-order valence-corrected chi connectivity index (χ2v) is 5.00. The van der Waals surface area contributed by atoms with Gasteiger partial charge in [0.15, 0.2) is 0 Å². The Morgan fingerprint density at radius 2 is 1.80 bits per heavy atom. The molecule has 1 N–H and O–H groups in total. The van der Waals surface area contributed by atoms with Crippen molar-refractivity contribution in [3.63, 3.8) is 0 Å². The van der Waals surface area contributed by atoms with E-state index in [2.05, 4.69) is 22.4 Å². The van der Waals surface area contributed by atoms with Crippen molar-refractivity contribution in [2.24, 2.45) is 0 Å². The van der Waals surface area contributed by atoms with E-state index < -0.39 is 0 Å². The summed E-state index contributed by atoms with van der Waals surface area (Å²) in [7, 11) is 0. The van der Waals surface area contributed by atoms with Crippen LogP contribution in [0.4, 0.5) is 5.13 Å². The standard InChI is InChI=1S/C11H21N3S/c1-3-4-5-6-7-8-9-12-11-14-13-10(2)15-11/h3-9H2,1-2H3,(H,12,14). The van der Waals surface area contributed by atoms with E-state index in [9.17, 15) is 0 Å². The molecule has 1 rings (SSSR count). The molecule has 0 aliphatic rings. The minimum atomic E-state index is 0.959.